The third-order valence-electron chi connectivity index (χ3n) is 3.38. The minimum atomic E-state index is -0.355. The first kappa shape index (κ1) is 12.5. The molecule has 2 aromatic rings. The van der Waals surface area contributed by atoms with E-state index < -0.39 is 0 Å². The van der Waals surface area contributed by atoms with Crippen molar-refractivity contribution in [3.8, 4) is 0 Å². The second kappa shape index (κ2) is 5.21. The minimum absolute atomic E-state index is 0.186. The highest BCUT2D eigenvalue weighted by molar-refractivity contribution is 5.76. The van der Waals surface area contributed by atoms with E-state index in [1.54, 1.807) is 0 Å². The van der Waals surface area contributed by atoms with Gasteiger partial charge in [0.25, 0.3) is 0 Å². The van der Waals surface area contributed by atoms with Gasteiger partial charge in [-0.2, -0.15) is 0 Å². The van der Waals surface area contributed by atoms with Crippen molar-refractivity contribution in [3.05, 3.63) is 77.4 Å². The topological polar surface area (TPSA) is 38.3 Å². The number of carbonyl (C=O) groups excluding carboxylic acids is 1. The second-order valence-electron chi connectivity index (χ2n) is 4.75. The second-order valence-corrected chi connectivity index (χ2v) is 4.75. The minimum Gasteiger partial charge on any atom is -0.344 e. The van der Waals surface area contributed by atoms with E-state index in [4.69, 9.17) is 4.84 Å². The summed E-state index contributed by atoms with van der Waals surface area (Å²) < 4.78 is 0. The Kier molecular flexibility index (Phi) is 3.25. The van der Waals surface area contributed by atoms with Crippen molar-refractivity contribution in [2.75, 3.05) is 0 Å². The highest BCUT2D eigenvalue weighted by atomic mass is 16.7. The summed E-state index contributed by atoms with van der Waals surface area (Å²) in [5.41, 5.74) is 7.10. The van der Waals surface area contributed by atoms with Crippen molar-refractivity contribution >= 4 is 11.7 Å². The van der Waals surface area contributed by atoms with Crippen LogP contribution >= 0.6 is 0 Å². The zero-order valence-corrected chi connectivity index (χ0v) is 11.2. The van der Waals surface area contributed by atoms with Crippen LogP contribution in [-0.4, -0.2) is 5.97 Å². The van der Waals surface area contributed by atoms with E-state index >= 15 is 0 Å². The van der Waals surface area contributed by atoms with Crippen LogP contribution in [0.15, 0.2) is 60.7 Å². The molecular weight excluding hydrogens is 250 g/mol. The van der Waals surface area contributed by atoms with Gasteiger partial charge in [-0.1, -0.05) is 54.6 Å². The fraction of sp³-hybridized carbons (Fsp3) is 0.118. The number of benzene rings is 2. The first-order chi connectivity index (χ1) is 9.75. The Balaban J connectivity index is 1.98. The Morgan fingerprint density at radius 2 is 1.75 bits per heavy atom. The average Bonchev–Trinajstić information content (AvgIpc) is 2.85. The molecule has 2 aromatic carbocycles. The van der Waals surface area contributed by atoms with Gasteiger partial charge in [0, 0.05) is 18.4 Å². The SMILES string of the molecule is CC(=O)ONC1=CC(c2ccccc2)c2ccccc21. The monoisotopic (exact) mass is 265 g/mol. The lowest BCUT2D eigenvalue weighted by Crippen LogP contribution is -2.15. The largest absolute Gasteiger partial charge is 0.344 e. The molecule has 0 aliphatic heterocycles. The summed E-state index contributed by atoms with van der Waals surface area (Å²) in [4.78, 5) is 15.9. The Morgan fingerprint density at radius 3 is 2.50 bits per heavy atom. The summed E-state index contributed by atoms with van der Waals surface area (Å²) in [6.07, 6.45) is 2.09. The zero-order valence-electron chi connectivity index (χ0n) is 11.2. The van der Waals surface area contributed by atoms with E-state index in [0.717, 1.165) is 11.3 Å². The lowest BCUT2D eigenvalue weighted by atomic mass is 9.93. The van der Waals surface area contributed by atoms with Crippen LogP contribution in [0.25, 0.3) is 5.70 Å². The molecule has 1 unspecified atom stereocenters. The molecule has 1 atom stereocenters. The highest BCUT2D eigenvalue weighted by Crippen LogP contribution is 2.38. The van der Waals surface area contributed by atoms with Crippen molar-refractivity contribution in [3.63, 3.8) is 0 Å². The van der Waals surface area contributed by atoms with Crippen LogP contribution in [0.5, 0.6) is 0 Å². The molecule has 0 aromatic heterocycles. The average molecular weight is 265 g/mol. The summed E-state index contributed by atoms with van der Waals surface area (Å²) in [7, 11) is 0. The molecule has 1 N–H and O–H groups in total. The zero-order chi connectivity index (χ0) is 13.9. The molecule has 3 nitrogen and oxygen atoms in total. The number of allylic oxidation sites excluding steroid dienone is 1. The van der Waals surface area contributed by atoms with Gasteiger partial charge < -0.3 is 4.84 Å². The van der Waals surface area contributed by atoms with E-state index in [2.05, 4.69) is 29.8 Å². The molecule has 3 rings (SSSR count). The maximum atomic E-state index is 11.0. The highest BCUT2D eigenvalue weighted by Gasteiger charge is 2.24. The molecule has 0 saturated carbocycles. The smallest absolute Gasteiger partial charge is 0.329 e. The van der Waals surface area contributed by atoms with Crippen LogP contribution in [-0.2, 0) is 9.63 Å². The Labute approximate surface area is 117 Å². The Hall–Kier alpha value is -2.55. The van der Waals surface area contributed by atoms with E-state index in [1.165, 1.54) is 18.1 Å². The standard InChI is InChI=1S/C17H15NO2/c1-12(19)20-18-17-11-16(13-7-3-2-4-8-13)14-9-5-6-10-15(14)17/h2-11,16,18H,1H3. The van der Waals surface area contributed by atoms with Gasteiger partial charge in [-0.3, -0.25) is 4.79 Å². The molecule has 0 saturated heterocycles. The maximum absolute atomic E-state index is 11.0. The van der Waals surface area contributed by atoms with Gasteiger partial charge in [0.2, 0.25) is 0 Å². The quantitative estimate of drug-likeness (QED) is 0.866. The van der Waals surface area contributed by atoms with Crippen LogP contribution < -0.4 is 5.48 Å². The lowest BCUT2D eigenvalue weighted by Gasteiger charge is -2.10. The van der Waals surface area contributed by atoms with Gasteiger partial charge in [-0.05, 0) is 17.2 Å². The molecule has 1 aliphatic rings. The van der Waals surface area contributed by atoms with Gasteiger partial charge in [-0.25, -0.2) is 5.48 Å². The summed E-state index contributed by atoms with van der Waals surface area (Å²) in [6.45, 7) is 1.38. The molecule has 0 bridgehead atoms. The molecule has 0 fully saturated rings. The molecule has 0 spiro atoms. The molecule has 20 heavy (non-hydrogen) atoms. The predicted octanol–water partition coefficient (Wildman–Crippen LogP) is 3.24. The van der Waals surface area contributed by atoms with Crippen molar-refractivity contribution in [2.24, 2.45) is 0 Å². The van der Waals surface area contributed by atoms with Crippen LogP contribution in [0.3, 0.4) is 0 Å². The number of hydrogen-bond donors (Lipinski definition) is 1. The van der Waals surface area contributed by atoms with Gasteiger partial charge in [0.05, 0.1) is 5.70 Å². The van der Waals surface area contributed by atoms with Crippen molar-refractivity contribution in [1.82, 2.24) is 5.48 Å². The molecular formula is C17H15NO2. The lowest BCUT2D eigenvalue weighted by molar-refractivity contribution is -0.145. The first-order valence-corrected chi connectivity index (χ1v) is 6.55. The number of rotatable bonds is 3. The van der Waals surface area contributed by atoms with E-state index in [1.807, 2.05) is 36.4 Å². The fourth-order valence-electron chi connectivity index (χ4n) is 2.51. The van der Waals surface area contributed by atoms with Crippen LogP contribution in [0.1, 0.15) is 29.5 Å². The van der Waals surface area contributed by atoms with Crippen molar-refractivity contribution in [1.29, 1.82) is 0 Å². The van der Waals surface area contributed by atoms with Crippen LogP contribution in [0.2, 0.25) is 0 Å². The first-order valence-electron chi connectivity index (χ1n) is 6.55. The maximum Gasteiger partial charge on any atom is 0.329 e. The molecule has 0 heterocycles. The molecule has 0 amide bonds. The molecule has 3 heteroatoms. The third-order valence-corrected chi connectivity index (χ3v) is 3.38. The number of hydrogen-bond acceptors (Lipinski definition) is 3. The van der Waals surface area contributed by atoms with Gasteiger partial charge in [0.1, 0.15) is 0 Å². The number of carbonyl (C=O) groups is 1. The third kappa shape index (κ3) is 2.30. The van der Waals surface area contributed by atoms with E-state index in [-0.39, 0.29) is 11.9 Å². The fourth-order valence-corrected chi connectivity index (χ4v) is 2.51. The summed E-state index contributed by atoms with van der Waals surface area (Å²) >= 11 is 0. The Morgan fingerprint density at radius 1 is 1.05 bits per heavy atom. The molecule has 100 valence electrons. The summed E-state index contributed by atoms with van der Waals surface area (Å²) in [5.74, 6) is -0.169. The van der Waals surface area contributed by atoms with Crippen molar-refractivity contribution in [2.45, 2.75) is 12.8 Å². The van der Waals surface area contributed by atoms with E-state index in [0.29, 0.717) is 0 Å². The van der Waals surface area contributed by atoms with Crippen LogP contribution in [0.4, 0.5) is 0 Å². The number of hydroxylamine groups is 1. The van der Waals surface area contributed by atoms with Gasteiger partial charge in [-0.15, -0.1) is 0 Å². The molecule has 1 aliphatic carbocycles. The summed E-state index contributed by atoms with van der Waals surface area (Å²) in [5, 5.41) is 0. The van der Waals surface area contributed by atoms with Crippen molar-refractivity contribution < 1.29 is 9.63 Å². The Bertz CT molecular complexity index is 662. The number of fused-ring (bicyclic) bond motifs is 1. The summed E-state index contributed by atoms with van der Waals surface area (Å²) in [6, 6.07) is 18.4. The number of nitrogens with one attached hydrogen (secondary N) is 1. The van der Waals surface area contributed by atoms with Gasteiger partial charge >= 0.3 is 5.97 Å². The van der Waals surface area contributed by atoms with E-state index in [9.17, 15) is 4.79 Å². The normalized spacial score (nSPS) is 16.2. The van der Waals surface area contributed by atoms with Crippen LogP contribution in [0, 0.1) is 0 Å². The van der Waals surface area contributed by atoms with Gasteiger partial charge in [0.15, 0.2) is 0 Å². The molecule has 0 radical (unpaired) electrons. The predicted molar refractivity (Wildman–Crippen MR) is 77.6 cm³/mol.